The molecule has 5 rings (SSSR count). The van der Waals surface area contributed by atoms with E-state index in [9.17, 15) is 19.3 Å². The van der Waals surface area contributed by atoms with Crippen molar-refractivity contribution < 1.29 is 56.7 Å². The van der Waals surface area contributed by atoms with Crippen molar-refractivity contribution in [2.24, 2.45) is 7.05 Å². The van der Waals surface area contributed by atoms with Crippen LogP contribution in [0.1, 0.15) is 58.6 Å². The summed E-state index contributed by atoms with van der Waals surface area (Å²) >= 11 is 1.21. The van der Waals surface area contributed by atoms with Crippen molar-refractivity contribution in [3.05, 3.63) is 94.3 Å². The largest absolute Gasteiger partial charge is 0.508 e. The highest BCUT2D eigenvalue weighted by Gasteiger charge is 2.26. The van der Waals surface area contributed by atoms with Crippen LogP contribution in [0.4, 0.5) is 5.13 Å². The van der Waals surface area contributed by atoms with Crippen LogP contribution in [0.5, 0.6) is 28.7 Å². The number of amides is 1. The van der Waals surface area contributed by atoms with Crippen LogP contribution in [0.25, 0.3) is 0 Å². The number of tetrazole rings is 1. The molecule has 5 aromatic rings. The summed E-state index contributed by atoms with van der Waals surface area (Å²) in [6.07, 6.45) is -0.247. The number of methoxy groups -OCH3 is 3. The minimum atomic E-state index is -3.31. The number of carbonyl (C=O) groups excluding carboxylic acids is 2. The van der Waals surface area contributed by atoms with E-state index in [4.69, 9.17) is 32.7 Å². The van der Waals surface area contributed by atoms with Crippen LogP contribution in [0.15, 0.2) is 66.0 Å². The number of aromatic nitrogens is 5. The normalized spacial score (nSPS) is 11.5. The predicted octanol–water partition coefficient (Wildman–Crippen LogP) is 6.44. The number of carbonyl (C=O) groups is 2. The summed E-state index contributed by atoms with van der Waals surface area (Å²) < 4.78 is 57.1. The second kappa shape index (κ2) is 22.4. The standard InChI is InChI=1S/C22H31N6O7PS.C16H16O5/c1-6-33-36(30,34-7-2)13-17-14-37-22(23-17)24-21(29)16-8-18(32-12-20-25-26-27-28(20)4)10-19(9-16)35-15(3)11-31-5;1-19-14-5-3-11(4-6-14)10-21-15-8-12(16(18)20-2)7-13(17)9-15/h8-10,14-15H,6-7,11-13H2,1-5H3,(H,23,24,29);3-9,17H,10H2,1-2H3/t15-;/m0./s1. The van der Waals surface area contributed by atoms with E-state index in [0.717, 1.165) is 11.3 Å². The summed E-state index contributed by atoms with van der Waals surface area (Å²) in [4.78, 5) is 28.9. The Bertz CT molecular complexity index is 2120. The van der Waals surface area contributed by atoms with Crippen LogP contribution >= 0.6 is 18.9 Å². The lowest BCUT2D eigenvalue weighted by atomic mass is 10.2. The Kier molecular flexibility index (Phi) is 17.4. The molecule has 0 bridgehead atoms. The molecule has 1 atom stereocenters. The summed E-state index contributed by atoms with van der Waals surface area (Å²) in [5, 5.41) is 25.7. The molecule has 0 radical (unpaired) electrons. The molecule has 1 amide bonds. The molecular weight excluding hydrogens is 795 g/mol. The molecule has 0 saturated heterocycles. The van der Waals surface area contributed by atoms with Gasteiger partial charge in [-0.1, -0.05) is 12.1 Å². The molecule has 58 heavy (non-hydrogen) atoms. The number of phenolic OH excluding ortho intramolecular Hbond substituents is 1. The lowest BCUT2D eigenvalue weighted by Gasteiger charge is -2.16. The third-order valence-electron chi connectivity index (χ3n) is 7.61. The number of thiazole rings is 1. The first-order valence-electron chi connectivity index (χ1n) is 17.8. The Morgan fingerprint density at radius 1 is 0.897 bits per heavy atom. The molecule has 20 heteroatoms. The van der Waals surface area contributed by atoms with Crippen molar-refractivity contribution in [2.75, 3.05) is 46.5 Å². The van der Waals surface area contributed by atoms with E-state index in [2.05, 4.69) is 30.6 Å². The number of aromatic hydroxyl groups is 1. The van der Waals surface area contributed by atoms with Gasteiger partial charge in [-0.25, -0.2) is 14.5 Å². The molecule has 2 aromatic heterocycles. The van der Waals surface area contributed by atoms with Crippen LogP contribution in [-0.2, 0) is 49.5 Å². The molecule has 312 valence electrons. The van der Waals surface area contributed by atoms with Crippen molar-refractivity contribution in [3.8, 4) is 28.7 Å². The Morgan fingerprint density at radius 3 is 2.21 bits per heavy atom. The lowest BCUT2D eigenvalue weighted by Crippen LogP contribution is -2.19. The quantitative estimate of drug-likeness (QED) is 0.0637. The predicted molar refractivity (Wildman–Crippen MR) is 213 cm³/mol. The molecule has 3 aromatic carbocycles. The number of phenols is 1. The molecular formula is C38H47N6O12PS. The third kappa shape index (κ3) is 14.1. The first kappa shape index (κ1) is 45.1. The van der Waals surface area contributed by atoms with Crippen LogP contribution in [0.2, 0.25) is 0 Å². The number of nitrogens with one attached hydrogen (secondary N) is 1. The van der Waals surface area contributed by atoms with Gasteiger partial charge in [0.25, 0.3) is 5.91 Å². The summed E-state index contributed by atoms with van der Waals surface area (Å²) in [6.45, 7) is 6.62. The minimum Gasteiger partial charge on any atom is -0.508 e. The highest BCUT2D eigenvalue weighted by Crippen LogP contribution is 2.51. The van der Waals surface area contributed by atoms with Gasteiger partial charge < -0.3 is 42.6 Å². The summed E-state index contributed by atoms with van der Waals surface area (Å²) in [6, 6.07) is 16.6. The Balaban J connectivity index is 0.000000299. The van der Waals surface area contributed by atoms with E-state index in [0.29, 0.717) is 52.7 Å². The van der Waals surface area contributed by atoms with Gasteiger partial charge in [0.2, 0.25) is 0 Å². The zero-order chi connectivity index (χ0) is 42.1. The maximum Gasteiger partial charge on any atom is 0.338 e. The first-order chi connectivity index (χ1) is 27.9. The number of anilines is 1. The van der Waals surface area contributed by atoms with Gasteiger partial charge in [0, 0.05) is 37.2 Å². The average Bonchev–Trinajstić information content (AvgIpc) is 3.83. The summed E-state index contributed by atoms with van der Waals surface area (Å²) in [5.41, 5.74) is 1.97. The van der Waals surface area contributed by atoms with Crippen LogP contribution in [0.3, 0.4) is 0 Å². The van der Waals surface area contributed by atoms with Crippen molar-refractivity contribution in [1.82, 2.24) is 25.2 Å². The second-order valence-electron chi connectivity index (χ2n) is 12.1. The zero-order valence-corrected chi connectivity index (χ0v) is 34.9. The van der Waals surface area contributed by atoms with Gasteiger partial charge in [0.1, 0.15) is 48.1 Å². The number of benzene rings is 3. The van der Waals surface area contributed by atoms with Crippen LogP contribution in [-0.4, -0.2) is 89.4 Å². The van der Waals surface area contributed by atoms with E-state index in [1.807, 2.05) is 31.2 Å². The molecule has 0 aliphatic heterocycles. The highest BCUT2D eigenvalue weighted by atomic mass is 32.1. The van der Waals surface area contributed by atoms with Gasteiger partial charge in [0.15, 0.2) is 11.0 Å². The maximum absolute atomic E-state index is 13.1. The van der Waals surface area contributed by atoms with E-state index in [-0.39, 0.29) is 43.4 Å². The Labute approximate surface area is 339 Å². The highest BCUT2D eigenvalue weighted by molar-refractivity contribution is 7.53. The van der Waals surface area contributed by atoms with Crippen LogP contribution < -0.4 is 24.3 Å². The molecule has 2 heterocycles. The number of nitrogens with zero attached hydrogens (tertiary/aromatic N) is 5. The van der Waals surface area contributed by atoms with Crippen molar-refractivity contribution in [2.45, 2.75) is 46.3 Å². The SMILES string of the molecule is CCOP(=O)(Cc1csc(NC(=O)c2cc(OCc3nnnn3C)cc(O[C@@H](C)COC)c2)n1)OCC.COC(=O)c1cc(O)cc(OCc2ccc(OC)cc2)c1. The number of aryl methyl sites for hydroxylation is 1. The monoisotopic (exact) mass is 842 g/mol. The van der Waals surface area contributed by atoms with Gasteiger partial charge >= 0.3 is 13.6 Å². The zero-order valence-electron chi connectivity index (χ0n) is 33.2. The average molecular weight is 843 g/mol. The molecule has 0 saturated carbocycles. The fourth-order valence-corrected chi connectivity index (χ4v) is 7.42. The van der Waals surface area contributed by atoms with Gasteiger partial charge in [-0.05, 0) is 73.2 Å². The van der Waals surface area contributed by atoms with E-state index in [1.54, 1.807) is 58.7 Å². The Hall–Kier alpha value is -5.59. The third-order valence-corrected chi connectivity index (χ3v) is 10.4. The summed E-state index contributed by atoms with van der Waals surface area (Å²) in [5.74, 6) is 1.49. The molecule has 0 fully saturated rings. The number of esters is 1. The van der Waals surface area contributed by atoms with E-state index < -0.39 is 19.5 Å². The number of hydrogen-bond donors (Lipinski definition) is 2. The molecule has 0 unspecified atom stereocenters. The minimum absolute atomic E-state index is 0.0106. The summed E-state index contributed by atoms with van der Waals surface area (Å²) in [7, 11) is 2.86. The smallest absolute Gasteiger partial charge is 0.338 e. The Morgan fingerprint density at radius 2 is 1.57 bits per heavy atom. The van der Waals surface area contributed by atoms with E-state index >= 15 is 0 Å². The van der Waals surface area contributed by atoms with Crippen molar-refractivity contribution in [3.63, 3.8) is 0 Å². The van der Waals surface area contributed by atoms with Crippen molar-refractivity contribution in [1.29, 1.82) is 0 Å². The van der Waals surface area contributed by atoms with Crippen LogP contribution in [0, 0.1) is 0 Å². The lowest BCUT2D eigenvalue weighted by molar-refractivity contribution is 0.0599. The topological polar surface area (TPSA) is 214 Å². The van der Waals surface area contributed by atoms with Gasteiger partial charge in [-0.2, -0.15) is 0 Å². The van der Waals surface area contributed by atoms with Gasteiger partial charge in [-0.15, -0.1) is 16.4 Å². The fourth-order valence-electron chi connectivity index (χ4n) is 4.99. The second-order valence-corrected chi connectivity index (χ2v) is 15.0. The molecule has 2 N–H and O–H groups in total. The molecule has 0 aliphatic carbocycles. The molecule has 0 spiro atoms. The maximum atomic E-state index is 13.1. The van der Waals surface area contributed by atoms with Crippen molar-refractivity contribution >= 4 is 35.9 Å². The number of ether oxygens (including phenoxy) is 6. The fraction of sp³-hybridized carbons (Fsp3) is 0.368. The first-order valence-corrected chi connectivity index (χ1v) is 20.4. The molecule has 0 aliphatic rings. The van der Waals surface area contributed by atoms with Gasteiger partial charge in [0.05, 0.1) is 51.5 Å². The molecule has 18 nitrogen and oxygen atoms in total. The number of hydrogen-bond acceptors (Lipinski definition) is 17. The van der Waals surface area contributed by atoms with Gasteiger partial charge in [-0.3, -0.25) is 14.7 Å². The number of rotatable bonds is 20. The van der Waals surface area contributed by atoms with E-state index in [1.165, 1.54) is 41.3 Å².